The number of carbonyl (C=O) groups excluding carboxylic acids is 1. The topological polar surface area (TPSA) is 35.5 Å². The van der Waals surface area contributed by atoms with Crippen molar-refractivity contribution in [3.8, 4) is 0 Å². The maximum atomic E-state index is 12.0. The van der Waals surface area contributed by atoms with Crippen LogP contribution in [0, 0.1) is 5.41 Å². The molecule has 0 bridgehead atoms. The van der Waals surface area contributed by atoms with Crippen LogP contribution in [0.4, 0.5) is 0 Å². The molecule has 0 rings (SSSR count). The summed E-state index contributed by atoms with van der Waals surface area (Å²) in [5.74, 6) is -0.168. The monoisotopic (exact) mass is 302 g/mol. The van der Waals surface area contributed by atoms with Gasteiger partial charge in [0.15, 0.2) is 8.32 Å². The van der Waals surface area contributed by atoms with Gasteiger partial charge in [-0.25, -0.2) is 0 Å². The van der Waals surface area contributed by atoms with Crippen LogP contribution in [0.5, 0.6) is 0 Å². The van der Waals surface area contributed by atoms with Gasteiger partial charge in [0.2, 0.25) is 0 Å². The first kappa shape index (κ1) is 19.6. The fourth-order valence-corrected chi connectivity index (χ4v) is 3.02. The van der Waals surface area contributed by atoms with Crippen molar-refractivity contribution in [3.63, 3.8) is 0 Å². The van der Waals surface area contributed by atoms with Crippen LogP contribution in [0.2, 0.25) is 18.1 Å². The van der Waals surface area contributed by atoms with E-state index in [1.54, 1.807) is 0 Å². The van der Waals surface area contributed by atoms with Crippen molar-refractivity contribution in [1.82, 2.24) is 0 Å². The molecule has 1 atom stereocenters. The minimum atomic E-state index is -1.89. The summed E-state index contributed by atoms with van der Waals surface area (Å²) in [5.41, 5.74) is -0.0779. The Balaban J connectivity index is 4.98. The SMILES string of the molecule is CC(C)OC(=O)C[C@@H](O[Si](C)(C)C(C)(C)C)C(C)(C)C. The molecule has 4 heteroatoms. The highest BCUT2D eigenvalue weighted by molar-refractivity contribution is 6.74. The highest BCUT2D eigenvalue weighted by atomic mass is 28.4. The molecule has 0 aliphatic rings. The zero-order valence-corrected chi connectivity index (χ0v) is 16.1. The summed E-state index contributed by atoms with van der Waals surface area (Å²) in [7, 11) is -1.89. The zero-order chi connectivity index (χ0) is 16.4. The van der Waals surface area contributed by atoms with Gasteiger partial charge in [-0.1, -0.05) is 41.5 Å². The van der Waals surface area contributed by atoms with Gasteiger partial charge in [0.1, 0.15) is 0 Å². The standard InChI is InChI=1S/C16H34O3Si/c1-12(2)18-14(17)11-13(15(3,4)5)19-20(9,10)16(6,7)8/h12-13H,11H2,1-10H3/t13-/m1/s1. The van der Waals surface area contributed by atoms with Crippen LogP contribution < -0.4 is 0 Å². The summed E-state index contributed by atoms with van der Waals surface area (Å²) in [6.07, 6.45) is 0.152. The fraction of sp³-hybridized carbons (Fsp3) is 0.938. The summed E-state index contributed by atoms with van der Waals surface area (Å²) in [5, 5.41) is 0.137. The number of hydrogen-bond donors (Lipinski definition) is 0. The Hall–Kier alpha value is -0.353. The van der Waals surface area contributed by atoms with Gasteiger partial charge in [0, 0.05) is 0 Å². The van der Waals surface area contributed by atoms with Crippen LogP contribution in [-0.2, 0) is 14.0 Å². The molecule has 0 aliphatic heterocycles. The lowest BCUT2D eigenvalue weighted by Gasteiger charge is -2.43. The van der Waals surface area contributed by atoms with Crippen LogP contribution >= 0.6 is 0 Å². The van der Waals surface area contributed by atoms with Gasteiger partial charge >= 0.3 is 5.97 Å². The zero-order valence-electron chi connectivity index (χ0n) is 15.1. The Morgan fingerprint density at radius 3 is 1.80 bits per heavy atom. The summed E-state index contributed by atoms with van der Waals surface area (Å²) >= 11 is 0. The molecule has 0 saturated carbocycles. The number of rotatable bonds is 5. The molecule has 3 nitrogen and oxygen atoms in total. The molecule has 0 unspecified atom stereocenters. The van der Waals surface area contributed by atoms with Crippen molar-refractivity contribution in [1.29, 1.82) is 0 Å². The van der Waals surface area contributed by atoms with E-state index in [1.165, 1.54) is 0 Å². The fourth-order valence-electron chi connectivity index (χ4n) is 1.52. The van der Waals surface area contributed by atoms with E-state index < -0.39 is 8.32 Å². The molecule has 0 aromatic heterocycles. The second-order valence-electron chi connectivity index (χ2n) is 8.48. The van der Waals surface area contributed by atoms with Crippen molar-refractivity contribution < 1.29 is 14.0 Å². The highest BCUT2D eigenvalue weighted by Crippen LogP contribution is 2.40. The quantitative estimate of drug-likeness (QED) is 0.542. The van der Waals surface area contributed by atoms with E-state index in [0.29, 0.717) is 6.42 Å². The molecule has 120 valence electrons. The lowest BCUT2D eigenvalue weighted by Crippen LogP contribution is -2.48. The van der Waals surface area contributed by atoms with Gasteiger partial charge in [-0.05, 0) is 37.4 Å². The van der Waals surface area contributed by atoms with E-state index in [4.69, 9.17) is 9.16 Å². The van der Waals surface area contributed by atoms with Crippen LogP contribution in [0.25, 0.3) is 0 Å². The summed E-state index contributed by atoms with van der Waals surface area (Å²) in [6, 6.07) is 0. The average molecular weight is 303 g/mol. The van der Waals surface area contributed by atoms with Crippen molar-refractivity contribution in [2.24, 2.45) is 5.41 Å². The van der Waals surface area contributed by atoms with E-state index in [2.05, 4.69) is 54.6 Å². The van der Waals surface area contributed by atoms with Gasteiger partial charge in [-0.2, -0.15) is 0 Å². The predicted molar refractivity (Wildman–Crippen MR) is 87.4 cm³/mol. The Kier molecular flexibility index (Phi) is 6.49. The number of esters is 1. The van der Waals surface area contributed by atoms with Crippen LogP contribution in [0.15, 0.2) is 0 Å². The molecule has 0 heterocycles. The highest BCUT2D eigenvalue weighted by Gasteiger charge is 2.42. The predicted octanol–water partition coefficient (Wildman–Crippen LogP) is 4.76. The molecule has 0 radical (unpaired) electrons. The summed E-state index contributed by atoms with van der Waals surface area (Å²) < 4.78 is 11.7. The second-order valence-corrected chi connectivity index (χ2v) is 13.2. The maximum Gasteiger partial charge on any atom is 0.308 e. The smallest absolute Gasteiger partial charge is 0.308 e. The molecule has 0 aliphatic carbocycles. The van der Waals surface area contributed by atoms with Crippen molar-refractivity contribution in [3.05, 3.63) is 0 Å². The maximum absolute atomic E-state index is 12.0. The summed E-state index contributed by atoms with van der Waals surface area (Å²) in [4.78, 5) is 12.0. The van der Waals surface area contributed by atoms with Gasteiger partial charge in [0.05, 0.1) is 18.6 Å². The third kappa shape index (κ3) is 6.40. The first-order valence-electron chi connectivity index (χ1n) is 7.54. The molecule has 0 spiro atoms. The molecular weight excluding hydrogens is 268 g/mol. The van der Waals surface area contributed by atoms with Gasteiger partial charge in [-0.15, -0.1) is 0 Å². The Bertz CT molecular complexity index is 322. The lowest BCUT2D eigenvalue weighted by molar-refractivity contribution is -0.150. The van der Waals surface area contributed by atoms with E-state index in [9.17, 15) is 4.79 Å². The van der Waals surface area contributed by atoms with E-state index in [-0.39, 0.29) is 28.6 Å². The van der Waals surface area contributed by atoms with E-state index in [1.807, 2.05) is 13.8 Å². The normalized spacial score (nSPS) is 15.3. The minimum absolute atomic E-state index is 0.0732. The van der Waals surface area contributed by atoms with E-state index in [0.717, 1.165) is 0 Å². The van der Waals surface area contributed by atoms with Crippen molar-refractivity contribution in [2.45, 2.75) is 92.2 Å². The van der Waals surface area contributed by atoms with Gasteiger partial charge in [0.25, 0.3) is 0 Å². The second kappa shape index (κ2) is 6.61. The number of hydrogen-bond acceptors (Lipinski definition) is 3. The first-order chi connectivity index (χ1) is 8.67. The molecule has 0 fully saturated rings. The van der Waals surface area contributed by atoms with Crippen LogP contribution in [0.1, 0.15) is 61.8 Å². The van der Waals surface area contributed by atoms with Gasteiger partial charge in [-0.3, -0.25) is 4.79 Å². The Labute approximate surface area is 126 Å². The number of carbonyl (C=O) groups is 1. The summed E-state index contributed by atoms with van der Waals surface area (Å²) in [6.45, 7) is 21.2. The average Bonchev–Trinajstić information content (AvgIpc) is 2.11. The van der Waals surface area contributed by atoms with Crippen LogP contribution in [0.3, 0.4) is 0 Å². The van der Waals surface area contributed by atoms with Crippen molar-refractivity contribution >= 4 is 14.3 Å². The molecule has 20 heavy (non-hydrogen) atoms. The Morgan fingerprint density at radius 2 is 1.50 bits per heavy atom. The third-order valence-corrected chi connectivity index (χ3v) is 8.41. The molecule has 0 N–H and O–H groups in total. The van der Waals surface area contributed by atoms with Gasteiger partial charge < -0.3 is 9.16 Å². The van der Waals surface area contributed by atoms with Crippen LogP contribution in [-0.4, -0.2) is 26.5 Å². The molecular formula is C16H34O3Si. The molecule has 0 aromatic rings. The first-order valence-corrected chi connectivity index (χ1v) is 10.4. The molecule has 0 amide bonds. The Morgan fingerprint density at radius 1 is 1.05 bits per heavy atom. The largest absolute Gasteiger partial charge is 0.463 e. The minimum Gasteiger partial charge on any atom is -0.463 e. The third-order valence-electron chi connectivity index (χ3n) is 3.93. The van der Waals surface area contributed by atoms with Crippen molar-refractivity contribution in [2.75, 3.05) is 0 Å². The molecule has 0 aromatic carbocycles. The number of ether oxygens (including phenoxy) is 1. The molecule has 0 saturated heterocycles. The lowest BCUT2D eigenvalue weighted by atomic mass is 9.87. The van der Waals surface area contributed by atoms with E-state index >= 15 is 0 Å².